The molecule has 1 N–H and O–H groups in total. The fourth-order valence-electron chi connectivity index (χ4n) is 1.41. The van der Waals surface area contributed by atoms with Crippen LogP contribution in [0.3, 0.4) is 0 Å². The van der Waals surface area contributed by atoms with E-state index in [1.165, 1.54) is 0 Å². The summed E-state index contributed by atoms with van der Waals surface area (Å²) in [4.78, 5) is 0. The summed E-state index contributed by atoms with van der Waals surface area (Å²) in [7, 11) is 0. The normalized spacial score (nSPS) is 40.8. The average Bonchev–Trinajstić information content (AvgIpc) is 2.08. The Balaban J connectivity index is 1.92. The van der Waals surface area contributed by atoms with Gasteiger partial charge in [0.05, 0.1) is 19.8 Å². The van der Waals surface area contributed by atoms with Crippen molar-refractivity contribution in [2.45, 2.75) is 12.0 Å². The largest absolute Gasteiger partial charge is 0.377 e. The summed E-state index contributed by atoms with van der Waals surface area (Å²) in [5.74, 6) is 0. The van der Waals surface area contributed by atoms with Gasteiger partial charge >= 0.3 is 0 Å². The molecule has 0 aromatic carbocycles. The van der Waals surface area contributed by atoms with Crippen molar-refractivity contribution in [1.29, 1.82) is 0 Å². The smallest absolute Gasteiger partial charge is 0.106 e. The third-order valence-corrected chi connectivity index (χ3v) is 2.20. The molecule has 0 unspecified atom stereocenters. The monoisotopic (exact) mass is 143 g/mol. The topological polar surface area (TPSA) is 30.5 Å². The van der Waals surface area contributed by atoms with Gasteiger partial charge in [-0.05, 0) is 0 Å². The fraction of sp³-hybridized carbons (Fsp3) is 1.00. The van der Waals surface area contributed by atoms with Crippen LogP contribution in [0.2, 0.25) is 0 Å². The highest BCUT2D eigenvalue weighted by Gasteiger charge is 2.39. The van der Waals surface area contributed by atoms with E-state index in [0.717, 1.165) is 39.3 Å². The van der Waals surface area contributed by atoms with Crippen LogP contribution in [0.1, 0.15) is 6.42 Å². The van der Waals surface area contributed by atoms with Crippen molar-refractivity contribution in [1.82, 2.24) is 5.32 Å². The maximum atomic E-state index is 5.45. The van der Waals surface area contributed by atoms with Crippen molar-refractivity contribution in [2.24, 2.45) is 0 Å². The van der Waals surface area contributed by atoms with Gasteiger partial charge in [-0.3, -0.25) is 0 Å². The predicted molar refractivity (Wildman–Crippen MR) is 37.0 cm³/mol. The molecule has 2 fully saturated rings. The molecule has 0 aromatic rings. The van der Waals surface area contributed by atoms with E-state index in [1.54, 1.807) is 0 Å². The molecule has 1 spiro atoms. The molecule has 2 heterocycles. The van der Waals surface area contributed by atoms with Crippen molar-refractivity contribution in [3.05, 3.63) is 0 Å². The Morgan fingerprint density at radius 3 is 2.90 bits per heavy atom. The molecular weight excluding hydrogens is 130 g/mol. The average molecular weight is 143 g/mol. The quantitative estimate of drug-likeness (QED) is 0.508. The zero-order chi connectivity index (χ0) is 6.86. The lowest BCUT2D eigenvalue weighted by Crippen LogP contribution is -2.53. The lowest BCUT2D eigenvalue weighted by Gasteiger charge is -2.40. The van der Waals surface area contributed by atoms with Gasteiger partial charge < -0.3 is 14.8 Å². The Morgan fingerprint density at radius 2 is 2.20 bits per heavy atom. The minimum absolute atomic E-state index is 0.0521. The molecule has 0 saturated carbocycles. The van der Waals surface area contributed by atoms with Crippen LogP contribution >= 0.6 is 0 Å². The van der Waals surface area contributed by atoms with Gasteiger partial charge in [-0.25, -0.2) is 0 Å². The predicted octanol–water partition coefficient (Wildman–Crippen LogP) is -0.235. The highest BCUT2D eigenvalue weighted by molar-refractivity contribution is 4.90. The van der Waals surface area contributed by atoms with Crippen LogP contribution in [0.15, 0.2) is 0 Å². The van der Waals surface area contributed by atoms with Gasteiger partial charge in [0.2, 0.25) is 0 Å². The van der Waals surface area contributed by atoms with E-state index in [-0.39, 0.29) is 5.60 Å². The second-order valence-corrected chi connectivity index (χ2v) is 3.01. The highest BCUT2D eigenvalue weighted by atomic mass is 16.6. The summed E-state index contributed by atoms with van der Waals surface area (Å²) in [6.07, 6.45) is 1.15. The van der Waals surface area contributed by atoms with Gasteiger partial charge in [-0.15, -0.1) is 0 Å². The van der Waals surface area contributed by atoms with Crippen LogP contribution in [0.4, 0.5) is 0 Å². The van der Waals surface area contributed by atoms with E-state index in [9.17, 15) is 0 Å². The Labute approximate surface area is 60.7 Å². The summed E-state index contributed by atoms with van der Waals surface area (Å²) in [5, 5.41) is 3.29. The van der Waals surface area contributed by atoms with Crippen molar-refractivity contribution >= 4 is 0 Å². The number of ether oxygens (including phenoxy) is 2. The SMILES string of the molecule is C1COC[C@]2(CCO2)CN1. The van der Waals surface area contributed by atoms with E-state index in [2.05, 4.69) is 5.32 Å². The van der Waals surface area contributed by atoms with E-state index in [0.29, 0.717) is 0 Å². The summed E-state index contributed by atoms with van der Waals surface area (Å²) in [6, 6.07) is 0. The summed E-state index contributed by atoms with van der Waals surface area (Å²) in [5.41, 5.74) is 0.0521. The molecular formula is C7H13NO2. The van der Waals surface area contributed by atoms with Crippen LogP contribution < -0.4 is 5.32 Å². The zero-order valence-electron chi connectivity index (χ0n) is 6.06. The van der Waals surface area contributed by atoms with Gasteiger partial charge in [-0.2, -0.15) is 0 Å². The molecule has 0 aliphatic carbocycles. The molecule has 2 aliphatic rings. The van der Waals surface area contributed by atoms with Crippen molar-refractivity contribution in [3.63, 3.8) is 0 Å². The third kappa shape index (κ3) is 1.05. The first kappa shape index (κ1) is 6.58. The summed E-state index contributed by atoms with van der Waals surface area (Å²) >= 11 is 0. The fourth-order valence-corrected chi connectivity index (χ4v) is 1.41. The Bertz CT molecular complexity index is 113. The molecule has 0 radical (unpaired) electrons. The van der Waals surface area contributed by atoms with Gasteiger partial charge in [0.15, 0.2) is 0 Å². The van der Waals surface area contributed by atoms with Gasteiger partial charge in [0.25, 0.3) is 0 Å². The van der Waals surface area contributed by atoms with Crippen LogP contribution in [0.25, 0.3) is 0 Å². The molecule has 3 nitrogen and oxygen atoms in total. The van der Waals surface area contributed by atoms with Gasteiger partial charge in [0, 0.05) is 19.5 Å². The second kappa shape index (κ2) is 2.49. The third-order valence-electron chi connectivity index (χ3n) is 2.20. The lowest BCUT2D eigenvalue weighted by atomic mass is 9.96. The van der Waals surface area contributed by atoms with Crippen molar-refractivity contribution in [2.75, 3.05) is 32.9 Å². The Kier molecular flexibility index (Phi) is 1.64. The zero-order valence-corrected chi connectivity index (χ0v) is 6.06. The lowest BCUT2D eigenvalue weighted by molar-refractivity contribution is -0.169. The summed E-state index contributed by atoms with van der Waals surface area (Å²) < 4.78 is 10.8. The van der Waals surface area contributed by atoms with Gasteiger partial charge in [-0.1, -0.05) is 0 Å². The Hall–Kier alpha value is -0.120. The highest BCUT2D eigenvalue weighted by Crippen LogP contribution is 2.26. The Morgan fingerprint density at radius 1 is 1.30 bits per heavy atom. The van der Waals surface area contributed by atoms with Crippen LogP contribution in [-0.2, 0) is 9.47 Å². The molecule has 2 aliphatic heterocycles. The number of hydrogen-bond donors (Lipinski definition) is 1. The second-order valence-electron chi connectivity index (χ2n) is 3.01. The first-order valence-electron chi connectivity index (χ1n) is 3.84. The van der Waals surface area contributed by atoms with E-state index < -0.39 is 0 Å². The maximum absolute atomic E-state index is 5.45. The first-order chi connectivity index (χ1) is 4.91. The molecule has 2 rings (SSSR count). The van der Waals surface area contributed by atoms with Crippen molar-refractivity contribution < 1.29 is 9.47 Å². The van der Waals surface area contributed by atoms with Gasteiger partial charge in [0.1, 0.15) is 5.60 Å². The standard InChI is InChI=1S/C7H13NO2/c1-3-10-7(1)5-8-2-4-9-6-7/h8H,1-6H2/t7-/m0/s1. The molecule has 0 aromatic heterocycles. The molecule has 1 atom stereocenters. The van der Waals surface area contributed by atoms with E-state index in [4.69, 9.17) is 9.47 Å². The molecule has 0 amide bonds. The van der Waals surface area contributed by atoms with E-state index in [1.807, 2.05) is 0 Å². The molecule has 2 saturated heterocycles. The molecule has 10 heavy (non-hydrogen) atoms. The van der Waals surface area contributed by atoms with Crippen LogP contribution in [0, 0.1) is 0 Å². The maximum Gasteiger partial charge on any atom is 0.106 e. The van der Waals surface area contributed by atoms with Crippen LogP contribution in [0.5, 0.6) is 0 Å². The van der Waals surface area contributed by atoms with Crippen molar-refractivity contribution in [3.8, 4) is 0 Å². The molecule has 0 bridgehead atoms. The summed E-state index contributed by atoms with van der Waals surface area (Å²) in [6.45, 7) is 4.44. The van der Waals surface area contributed by atoms with Crippen LogP contribution in [-0.4, -0.2) is 38.5 Å². The minimum atomic E-state index is 0.0521. The van der Waals surface area contributed by atoms with E-state index >= 15 is 0 Å². The minimum Gasteiger partial charge on any atom is -0.377 e. The first-order valence-corrected chi connectivity index (χ1v) is 3.84. The number of nitrogens with one attached hydrogen (secondary N) is 1. The number of hydrogen-bond acceptors (Lipinski definition) is 3. The molecule has 3 heteroatoms. The molecule has 58 valence electrons. The number of rotatable bonds is 0.